The first-order chi connectivity index (χ1) is 14.9. The molecule has 3 heterocycles. The summed E-state index contributed by atoms with van der Waals surface area (Å²) in [5, 5.41) is 10.3. The van der Waals surface area contributed by atoms with Gasteiger partial charge in [-0.25, -0.2) is 4.98 Å². The van der Waals surface area contributed by atoms with Gasteiger partial charge in [0, 0.05) is 43.5 Å². The van der Waals surface area contributed by atoms with E-state index in [2.05, 4.69) is 64.9 Å². The van der Waals surface area contributed by atoms with Gasteiger partial charge in [0.05, 0.1) is 18.2 Å². The minimum absolute atomic E-state index is 0.148. The number of nitrogens with one attached hydrogen (secondary N) is 2. The summed E-state index contributed by atoms with van der Waals surface area (Å²) in [4.78, 5) is 15.4. The lowest BCUT2D eigenvalue weighted by atomic mass is 10.2. The van der Waals surface area contributed by atoms with Crippen molar-refractivity contribution in [3.8, 4) is 5.75 Å². The molecule has 0 amide bonds. The van der Waals surface area contributed by atoms with Gasteiger partial charge in [0.1, 0.15) is 16.4 Å². The lowest BCUT2D eigenvalue weighted by Crippen LogP contribution is -2.44. The number of piperazine rings is 1. The van der Waals surface area contributed by atoms with Crippen LogP contribution in [0.2, 0.25) is 0 Å². The van der Waals surface area contributed by atoms with Gasteiger partial charge < -0.3 is 25.2 Å². The summed E-state index contributed by atoms with van der Waals surface area (Å²) in [7, 11) is 3.88. The van der Waals surface area contributed by atoms with Crippen molar-refractivity contribution >= 4 is 44.7 Å². The summed E-state index contributed by atoms with van der Waals surface area (Å²) in [6.07, 6.45) is 2.35. The summed E-state index contributed by atoms with van der Waals surface area (Å²) < 4.78 is 5.71. The first-order valence-electron chi connectivity index (χ1n) is 10.9. The summed E-state index contributed by atoms with van der Waals surface area (Å²) in [6.45, 7) is 8.57. The third kappa shape index (κ3) is 4.14. The van der Waals surface area contributed by atoms with Crippen LogP contribution in [0.3, 0.4) is 0 Å². The van der Waals surface area contributed by atoms with Crippen molar-refractivity contribution < 1.29 is 4.74 Å². The molecular weight excluding hydrogens is 408 g/mol. The number of methoxy groups -OCH3 is 1. The van der Waals surface area contributed by atoms with E-state index in [4.69, 9.17) is 14.7 Å². The number of aryl methyl sites for hydroxylation is 1. The quantitative estimate of drug-likeness (QED) is 0.589. The second kappa shape index (κ2) is 7.84. The average molecular weight is 439 g/mol. The van der Waals surface area contributed by atoms with Gasteiger partial charge in [0.15, 0.2) is 0 Å². The number of benzene rings is 1. The highest BCUT2D eigenvalue weighted by atomic mass is 32.1. The van der Waals surface area contributed by atoms with Crippen LogP contribution in [0.4, 0.5) is 23.1 Å². The Balaban J connectivity index is 1.43. The molecule has 2 fully saturated rings. The number of likely N-dealkylation sites (N-methyl/N-ethyl adjacent to an activating group) is 1. The fourth-order valence-electron chi connectivity index (χ4n) is 3.99. The first kappa shape index (κ1) is 20.3. The predicted molar refractivity (Wildman–Crippen MR) is 129 cm³/mol. The first-order valence-corrected chi connectivity index (χ1v) is 11.7. The standard InChI is InChI=1S/C23H30N6OS/c1-15-14-31-21-19(15)20(27-23(2)7-8-23)25-22(26-21)24-17-6-5-16(13-18(17)30-4)29-11-9-28(3)10-12-29/h5-6,13-14H,7-12H2,1-4H3,(H2,24,25,26,27). The van der Waals surface area contributed by atoms with Gasteiger partial charge in [0.25, 0.3) is 0 Å². The fraction of sp³-hybridized carbons (Fsp3) is 0.478. The summed E-state index contributed by atoms with van der Waals surface area (Å²) >= 11 is 1.66. The van der Waals surface area contributed by atoms with E-state index in [0.717, 1.165) is 53.7 Å². The van der Waals surface area contributed by atoms with Gasteiger partial charge in [-0.2, -0.15) is 4.98 Å². The Morgan fingerprint density at radius 1 is 1.13 bits per heavy atom. The number of aromatic nitrogens is 2. The molecule has 0 radical (unpaired) electrons. The Hall–Kier alpha value is -2.58. The number of anilines is 4. The van der Waals surface area contributed by atoms with E-state index in [9.17, 15) is 0 Å². The molecule has 0 atom stereocenters. The van der Waals surface area contributed by atoms with Gasteiger partial charge in [-0.3, -0.25) is 0 Å². The third-order valence-electron chi connectivity index (χ3n) is 6.34. The minimum Gasteiger partial charge on any atom is -0.494 e. The number of hydrogen-bond donors (Lipinski definition) is 2. The maximum absolute atomic E-state index is 5.71. The Kier molecular flexibility index (Phi) is 5.14. The maximum Gasteiger partial charge on any atom is 0.230 e. The monoisotopic (exact) mass is 438 g/mol. The highest BCUT2D eigenvalue weighted by molar-refractivity contribution is 7.17. The zero-order chi connectivity index (χ0) is 21.6. The van der Waals surface area contributed by atoms with E-state index >= 15 is 0 Å². The molecule has 1 aliphatic carbocycles. The summed E-state index contributed by atoms with van der Waals surface area (Å²) in [5.41, 5.74) is 3.42. The van der Waals surface area contributed by atoms with Crippen molar-refractivity contribution in [2.24, 2.45) is 0 Å². The molecule has 0 spiro atoms. The second-order valence-electron chi connectivity index (χ2n) is 8.98. The second-order valence-corrected chi connectivity index (χ2v) is 9.84. The minimum atomic E-state index is 0.148. The molecule has 3 aromatic rings. The van der Waals surface area contributed by atoms with E-state index < -0.39 is 0 Å². The largest absolute Gasteiger partial charge is 0.494 e. The molecule has 1 saturated carbocycles. The van der Waals surface area contributed by atoms with Crippen LogP contribution in [0.25, 0.3) is 10.2 Å². The molecule has 164 valence electrons. The Labute approximate surface area is 187 Å². The molecule has 1 saturated heterocycles. The molecule has 5 rings (SSSR count). The lowest BCUT2D eigenvalue weighted by molar-refractivity contribution is 0.312. The number of thiophene rings is 1. The Morgan fingerprint density at radius 2 is 1.90 bits per heavy atom. The van der Waals surface area contributed by atoms with Crippen molar-refractivity contribution in [1.82, 2.24) is 14.9 Å². The zero-order valence-electron chi connectivity index (χ0n) is 18.7. The number of hydrogen-bond acceptors (Lipinski definition) is 8. The van der Waals surface area contributed by atoms with Crippen LogP contribution < -0.4 is 20.3 Å². The van der Waals surface area contributed by atoms with Gasteiger partial charge >= 0.3 is 0 Å². The van der Waals surface area contributed by atoms with E-state index in [1.165, 1.54) is 24.1 Å². The topological polar surface area (TPSA) is 65.6 Å². The normalized spacial score (nSPS) is 18.3. The molecule has 0 bridgehead atoms. The fourth-order valence-corrected chi connectivity index (χ4v) is 4.91. The van der Waals surface area contributed by atoms with Crippen LogP contribution in [-0.2, 0) is 0 Å². The van der Waals surface area contributed by atoms with Gasteiger partial charge in [-0.1, -0.05) is 0 Å². The van der Waals surface area contributed by atoms with Crippen molar-refractivity contribution in [3.05, 3.63) is 29.1 Å². The van der Waals surface area contributed by atoms with E-state index in [1.807, 2.05) is 0 Å². The Bertz CT molecular complexity index is 1100. The van der Waals surface area contributed by atoms with E-state index in [1.54, 1.807) is 18.4 Å². The number of fused-ring (bicyclic) bond motifs is 1. The molecular formula is C23H30N6OS. The molecule has 31 heavy (non-hydrogen) atoms. The highest BCUT2D eigenvalue weighted by Crippen LogP contribution is 2.41. The molecule has 2 N–H and O–H groups in total. The molecule has 1 aromatic carbocycles. The molecule has 1 aliphatic heterocycles. The number of nitrogens with zero attached hydrogens (tertiary/aromatic N) is 4. The van der Waals surface area contributed by atoms with E-state index in [-0.39, 0.29) is 5.54 Å². The van der Waals surface area contributed by atoms with Gasteiger partial charge in [-0.15, -0.1) is 11.3 Å². The van der Waals surface area contributed by atoms with Crippen molar-refractivity contribution in [1.29, 1.82) is 0 Å². The predicted octanol–water partition coefficient (Wildman–Crippen LogP) is 4.47. The molecule has 2 aliphatic rings. The lowest BCUT2D eigenvalue weighted by Gasteiger charge is -2.34. The van der Waals surface area contributed by atoms with Crippen molar-refractivity contribution in [3.63, 3.8) is 0 Å². The molecule has 8 heteroatoms. The number of rotatable bonds is 6. The molecule has 7 nitrogen and oxygen atoms in total. The van der Waals surface area contributed by atoms with Crippen LogP contribution in [0, 0.1) is 6.92 Å². The van der Waals surface area contributed by atoms with Crippen molar-refractivity contribution in [2.45, 2.75) is 32.2 Å². The summed E-state index contributed by atoms with van der Waals surface area (Å²) in [6, 6.07) is 6.31. The zero-order valence-corrected chi connectivity index (χ0v) is 19.5. The maximum atomic E-state index is 5.71. The summed E-state index contributed by atoms with van der Waals surface area (Å²) in [5.74, 6) is 2.30. The van der Waals surface area contributed by atoms with Crippen molar-refractivity contribution in [2.75, 3.05) is 55.9 Å². The van der Waals surface area contributed by atoms with Crippen LogP contribution in [0.15, 0.2) is 23.6 Å². The van der Waals surface area contributed by atoms with E-state index in [0.29, 0.717) is 5.95 Å². The molecule has 2 aromatic heterocycles. The van der Waals surface area contributed by atoms with Crippen LogP contribution in [0.1, 0.15) is 25.3 Å². The smallest absolute Gasteiger partial charge is 0.230 e. The van der Waals surface area contributed by atoms with Gasteiger partial charge in [-0.05, 0) is 56.8 Å². The van der Waals surface area contributed by atoms with Crippen LogP contribution in [0.5, 0.6) is 5.75 Å². The van der Waals surface area contributed by atoms with Gasteiger partial charge in [0.2, 0.25) is 5.95 Å². The third-order valence-corrected chi connectivity index (χ3v) is 7.33. The SMILES string of the molecule is COc1cc(N2CCN(C)CC2)ccc1Nc1nc(NC2(C)CC2)c2c(C)csc2n1. The average Bonchev–Trinajstić information content (AvgIpc) is 3.36. The van der Waals surface area contributed by atoms with Crippen LogP contribution >= 0.6 is 11.3 Å². The number of ether oxygens (including phenoxy) is 1. The Morgan fingerprint density at radius 3 is 2.61 bits per heavy atom. The highest BCUT2D eigenvalue weighted by Gasteiger charge is 2.38. The molecule has 0 unspecified atom stereocenters. The van der Waals surface area contributed by atoms with Crippen LogP contribution in [-0.4, -0.2) is 60.7 Å².